The Morgan fingerprint density at radius 2 is 2.04 bits per heavy atom. The highest BCUT2D eigenvalue weighted by Gasteiger charge is 2.27. The first-order valence-corrected chi connectivity index (χ1v) is 8.67. The number of aromatic nitrogens is 2. The van der Waals surface area contributed by atoms with Crippen molar-refractivity contribution in [1.29, 1.82) is 0 Å². The minimum absolute atomic E-state index is 0.00344. The Bertz CT molecular complexity index is 907. The molecule has 0 bridgehead atoms. The predicted octanol–water partition coefficient (Wildman–Crippen LogP) is 2.93. The number of fused-ring (bicyclic) bond motifs is 1. The molecule has 2 atom stereocenters. The Labute approximate surface area is 146 Å². The van der Waals surface area contributed by atoms with Crippen LogP contribution in [0.4, 0.5) is 0 Å². The molecule has 5 heteroatoms. The van der Waals surface area contributed by atoms with Crippen molar-refractivity contribution >= 4 is 10.9 Å². The second-order valence-electron chi connectivity index (χ2n) is 6.41. The fourth-order valence-electron chi connectivity index (χ4n) is 3.44. The standard InChI is InChI=1S/C20H21N3O2/c24-20-16(12-15-4-1-2-5-17(15)23-20)13-22-18-6-3-11-25-19(18)14-7-9-21-10-8-14/h1-2,4-5,7-10,12,18-19,22H,3,6,11,13H2,(H,23,24)/t18-,19+/m0/s1. The lowest BCUT2D eigenvalue weighted by Crippen LogP contribution is -2.40. The largest absolute Gasteiger partial charge is 0.372 e. The summed E-state index contributed by atoms with van der Waals surface area (Å²) in [6.07, 6.45) is 5.62. The number of para-hydroxylation sites is 1. The number of nitrogens with one attached hydrogen (secondary N) is 2. The molecule has 128 valence electrons. The van der Waals surface area contributed by atoms with E-state index in [1.807, 2.05) is 42.5 Å². The quantitative estimate of drug-likeness (QED) is 0.769. The van der Waals surface area contributed by atoms with Gasteiger partial charge in [-0.15, -0.1) is 0 Å². The zero-order valence-electron chi connectivity index (χ0n) is 13.9. The zero-order chi connectivity index (χ0) is 17.1. The highest BCUT2D eigenvalue weighted by atomic mass is 16.5. The van der Waals surface area contributed by atoms with E-state index in [9.17, 15) is 4.79 Å². The second kappa shape index (κ2) is 7.17. The van der Waals surface area contributed by atoms with Crippen LogP contribution in [0.2, 0.25) is 0 Å². The van der Waals surface area contributed by atoms with E-state index in [-0.39, 0.29) is 17.7 Å². The van der Waals surface area contributed by atoms with Crippen molar-refractivity contribution in [3.8, 4) is 0 Å². The van der Waals surface area contributed by atoms with Gasteiger partial charge >= 0.3 is 0 Å². The normalized spacial score (nSPS) is 20.6. The molecule has 2 aromatic heterocycles. The van der Waals surface area contributed by atoms with Gasteiger partial charge in [0.1, 0.15) is 0 Å². The Morgan fingerprint density at radius 3 is 2.92 bits per heavy atom. The van der Waals surface area contributed by atoms with Gasteiger partial charge in [0.15, 0.2) is 0 Å². The number of nitrogens with zero attached hydrogens (tertiary/aromatic N) is 1. The molecule has 1 aliphatic heterocycles. The van der Waals surface area contributed by atoms with Crippen LogP contribution < -0.4 is 10.9 Å². The number of pyridine rings is 2. The average molecular weight is 335 g/mol. The van der Waals surface area contributed by atoms with Crippen LogP contribution in [0, 0.1) is 0 Å². The number of H-pyrrole nitrogens is 1. The topological polar surface area (TPSA) is 67.0 Å². The van der Waals surface area contributed by atoms with Crippen molar-refractivity contribution < 1.29 is 4.74 Å². The molecule has 2 N–H and O–H groups in total. The van der Waals surface area contributed by atoms with Gasteiger partial charge in [0.05, 0.1) is 6.10 Å². The Kier molecular flexibility index (Phi) is 4.59. The maximum absolute atomic E-state index is 12.3. The fraction of sp³-hybridized carbons (Fsp3) is 0.300. The van der Waals surface area contributed by atoms with Crippen molar-refractivity contribution in [1.82, 2.24) is 15.3 Å². The van der Waals surface area contributed by atoms with Crippen LogP contribution in [0.15, 0.2) is 59.7 Å². The van der Waals surface area contributed by atoms with E-state index < -0.39 is 0 Å². The van der Waals surface area contributed by atoms with Gasteiger partial charge in [-0.1, -0.05) is 18.2 Å². The van der Waals surface area contributed by atoms with Gasteiger partial charge < -0.3 is 15.0 Å². The third-order valence-electron chi connectivity index (χ3n) is 4.74. The first-order valence-electron chi connectivity index (χ1n) is 8.67. The summed E-state index contributed by atoms with van der Waals surface area (Å²) >= 11 is 0. The van der Waals surface area contributed by atoms with Gasteiger partial charge in [0.25, 0.3) is 5.56 Å². The van der Waals surface area contributed by atoms with E-state index >= 15 is 0 Å². The Hall–Kier alpha value is -2.50. The number of ether oxygens (including phenoxy) is 1. The second-order valence-corrected chi connectivity index (χ2v) is 6.41. The molecule has 0 unspecified atom stereocenters. The number of rotatable bonds is 4. The van der Waals surface area contributed by atoms with Gasteiger partial charge in [0, 0.05) is 42.7 Å². The highest BCUT2D eigenvalue weighted by molar-refractivity contribution is 5.78. The molecule has 0 aliphatic carbocycles. The van der Waals surface area contributed by atoms with E-state index in [2.05, 4.69) is 15.3 Å². The summed E-state index contributed by atoms with van der Waals surface area (Å²) in [5, 5.41) is 4.57. The molecule has 0 saturated carbocycles. The van der Waals surface area contributed by atoms with Crippen LogP contribution in [-0.4, -0.2) is 22.6 Å². The van der Waals surface area contributed by atoms with E-state index in [1.54, 1.807) is 12.4 Å². The van der Waals surface area contributed by atoms with Gasteiger partial charge in [-0.3, -0.25) is 9.78 Å². The lowest BCUT2D eigenvalue weighted by Gasteiger charge is -2.32. The van der Waals surface area contributed by atoms with Crippen LogP contribution >= 0.6 is 0 Å². The molecule has 3 heterocycles. The number of benzene rings is 1. The summed E-state index contributed by atoms with van der Waals surface area (Å²) in [5.74, 6) is 0. The average Bonchev–Trinajstić information content (AvgIpc) is 2.67. The summed E-state index contributed by atoms with van der Waals surface area (Å²) in [4.78, 5) is 19.4. The van der Waals surface area contributed by atoms with Crippen molar-refractivity contribution in [3.63, 3.8) is 0 Å². The molecule has 1 saturated heterocycles. The Morgan fingerprint density at radius 1 is 1.20 bits per heavy atom. The lowest BCUT2D eigenvalue weighted by atomic mass is 9.96. The van der Waals surface area contributed by atoms with Crippen LogP contribution in [0.25, 0.3) is 10.9 Å². The van der Waals surface area contributed by atoms with Crippen LogP contribution in [0.3, 0.4) is 0 Å². The van der Waals surface area contributed by atoms with Crippen LogP contribution in [0.5, 0.6) is 0 Å². The molecule has 1 aliphatic rings. The lowest BCUT2D eigenvalue weighted by molar-refractivity contribution is -0.0112. The summed E-state index contributed by atoms with van der Waals surface area (Å²) in [5.41, 5.74) is 2.70. The molecule has 0 spiro atoms. The van der Waals surface area contributed by atoms with Gasteiger partial charge in [-0.2, -0.15) is 0 Å². The predicted molar refractivity (Wildman–Crippen MR) is 97.4 cm³/mol. The Balaban J connectivity index is 1.53. The van der Waals surface area contributed by atoms with Crippen molar-refractivity contribution in [2.75, 3.05) is 6.61 Å². The maximum Gasteiger partial charge on any atom is 0.252 e. The number of hydrogen-bond acceptors (Lipinski definition) is 4. The number of aromatic amines is 1. The van der Waals surface area contributed by atoms with E-state index in [0.29, 0.717) is 6.54 Å². The van der Waals surface area contributed by atoms with Crippen molar-refractivity contribution in [3.05, 3.63) is 76.3 Å². The van der Waals surface area contributed by atoms with E-state index in [4.69, 9.17) is 4.74 Å². The molecule has 3 aromatic rings. The maximum atomic E-state index is 12.3. The minimum Gasteiger partial charge on any atom is -0.372 e. The monoisotopic (exact) mass is 335 g/mol. The highest BCUT2D eigenvalue weighted by Crippen LogP contribution is 2.28. The fourth-order valence-corrected chi connectivity index (χ4v) is 3.44. The number of hydrogen-bond donors (Lipinski definition) is 2. The van der Waals surface area contributed by atoms with Crippen LogP contribution in [0.1, 0.15) is 30.1 Å². The minimum atomic E-state index is -0.0385. The smallest absolute Gasteiger partial charge is 0.252 e. The molecule has 0 radical (unpaired) electrons. The molecule has 4 rings (SSSR count). The van der Waals surface area contributed by atoms with Crippen molar-refractivity contribution in [2.45, 2.75) is 31.5 Å². The van der Waals surface area contributed by atoms with E-state index in [1.165, 1.54) is 0 Å². The molecule has 25 heavy (non-hydrogen) atoms. The zero-order valence-corrected chi connectivity index (χ0v) is 13.9. The first-order chi connectivity index (χ1) is 12.3. The SMILES string of the molecule is O=c1[nH]c2ccccc2cc1CN[C@H]1CCCO[C@@H]1c1ccncc1. The summed E-state index contributed by atoms with van der Waals surface area (Å²) in [7, 11) is 0. The van der Waals surface area contributed by atoms with Crippen molar-refractivity contribution in [2.24, 2.45) is 0 Å². The molecular weight excluding hydrogens is 314 g/mol. The van der Waals surface area contributed by atoms with E-state index in [0.717, 1.165) is 41.5 Å². The molecule has 1 aromatic carbocycles. The van der Waals surface area contributed by atoms with Gasteiger partial charge in [-0.25, -0.2) is 0 Å². The van der Waals surface area contributed by atoms with Gasteiger partial charge in [0.2, 0.25) is 0 Å². The third kappa shape index (κ3) is 3.48. The molecule has 1 fully saturated rings. The summed E-state index contributed by atoms with van der Waals surface area (Å²) in [6, 6.07) is 14.0. The van der Waals surface area contributed by atoms with Crippen LogP contribution in [-0.2, 0) is 11.3 Å². The summed E-state index contributed by atoms with van der Waals surface area (Å²) < 4.78 is 5.99. The molecule has 0 amide bonds. The van der Waals surface area contributed by atoms with Gasteiger partial charge in [-0.05, 0) is 48.1 Å². The molecular formula is C20H21N3O2. The molecule has 5 nitrogen and oxygen atoms in total. The first kappa shape index (κ1) is 16.0. The summed E-state index contributed by atoms with van der Waals surface area (Å²) in [6.45, 7) is 1.29. The third-order valence-corrected chi connectivity index (χ3v) is 4.74.